The maximum atomic E-state index is 5.88. The first kappa shape index (κ1) is 15.2. The molecule has 0 radical (unpaired) electrons. The second-order valence-corrected chi connectivity index (χ2v) is 6.84. The fraction of sp³-hybridized carbons (Fsp3) is 0.375. The monoisotopic (exact) mass is 341 g/mol. The van der Waals surface area contributed by atoms with Crippen LogP contribution >= 0.6 is 11.3 Å². The van der Waals surface area contributed by atoms with E-state index in [1.807, 2.05) is 18.3 Å². The number of nitrogen functional groups attached to an aromatic ring is 1. The number of nitrogens with zero attached hydrogens (tertiary/aromatic N) is 6. The number of piperazine rings is 1. The fourth-order valence-corrected chi connectivity index (χ4v) is 3.84. The number of nitrogens with two attached hydrogens (primary N) is 1. The van der Waals surface area contributed by atoms with Gasteiger partial charge < -0.3 is 10.6 Å². The lowest BCUT2D eigenvalue weighted by atomic mass is 10.1. The molecule has 2 N–H and O–H groups in total. The van der Waals surface area contributed by atoms with E-state index in [4.69, 9.17) is 5.73 Å². The molecular formula is C16H19N7S. The zero-order valence-corrected chi connectivity index (χ0v) is 14.3. The van der Waals surface area contributed by atoms with Gasteiger partial charge in [0.15, 0.2) is 10.6 Å². The lowest BCUT2D eigenvalue weighted by molar-refractivity contribution is 0.218. The van der Waals surface area contributed by atoms with Gasteiger partial charge in [0.2, 0.25) is 5.95 Å². The Morgan fingerprint density at radius 3 is 2.96 bits per heavy atom. The molecule has 1 fully saturated rings. The highest BCUT2D eigenvalue weighted by atomic mass is 32.1. The van der Waals surface area contributed by atoms with Crippen LogP contribution < -0.4 is 10.6 Å². The second-order valence-electron chi connectivity index (χ2n) is 6.01. The Balaban J connectivity index is 1.53. The number of rotatable bonds is 3. The van der Waals surface area contributed by atoms with Gasteiger partial charge in [-0.3, -0.25) is 9.88 Å². The van der Waals surface area contributed by atoms with Crippen LogP contribution in [0.1, 0.15) is 12.6 Å². The van der Waals surface area contributed by atoms with Crippen LogP contribution in [-0.2, 0) is 6.54 Å². The Bertz CT molecular complexity index is 835. The van der Waals surface area contributed by atoms with E-state index in [9.17, 15) is 0 Å². The second kappa shape index (κ2) is 6.29. The van der Waals surface area contributed by atoms with Gasteiger partial charge in [0.05, 0.1) is 11.2 Å². The molecule has 1 saturated heterocycles. The summed E-state index contributed by atoms with van der Waals surface area (Å²) in [6.45, 7) is 5.87. The third-order valence-electron chi connectivity index (χ3n) is 4.29. The van der Waals surface area contributed by atoms with E-state index in [-0.39, 0.29) is 0 Å². The molecule has 1 aliphatic heterocycles. The third-order valence-corrected chi connectivity index (χ3v) is 5.01. The lowest BCUT2D eigenvalue weighted by Gasteiger charge is -2.40. The maximum absolute atomic E-state index is 5.88. The highest BCUT2D eigenvalue weighted by Crippen LogP contribution is 2.28. The summed E-state index contributed by atoms with van der Waals surface area (Å²) in [5.74, 6) is 1.16. The Kier molecular flexibility index (Phi) is 3.99. The van der Waals surface area contributed by atoms with Crippen LogP contribution in [0.4, 0.5) is 11.8 Å². The summed E-state index contributed by atoms with van der Waals surface area (Å²) in [4.78, 5) is 23.1. The van der Waals surface area contributed by atoms with Crippen molar-refractivity contribution in [2.75, 3.05) is 30.3 Å². The largest absolute Gasteiger partial charge is 0.368 e. The van der Waals surface area contributed by atoms with Gasteiger partial charge in [0, 0.05) is 38.4 Å². The summed E-state index contributed by atoms with van der Waals surface area (Å²) in [6, 6.07) is 6.37. The van der Waals surface area contributed by atoms with E-state index in [1.54, 1.807) is 5.51 Å². The molecular weight excluding hydrogens is 322 g/mol. The van der Waals surface area contributed by atoms with Gasteiger partial charge in [-0.2, -0.15) is 4.98 Å². The first-order valence-electron chi connectivity index (χ1n) is 7.96. The SMILES string of the molecule is C[C@H]1CN(Cc2ccccn2)CCN1c1nc(N)nc2scnc12. The average Bonchev–Trinajstić information content (AvgIpc) is 3.03. The highest BCUT2D eigenvalue weighted by molar-refractivity contribution is 7.16. The van der Waals surface area contributed by atoms with E-state index < -0.39 is 0 Å². The standard InChI is InChI=1S/C16H19N7S/c1-11-8-22(9-12-4-2-3-5-18-12)6-7-23(11)14-13-15(24-10-19-13)21-16(17)20-14/h2-5,10-11H,6-9H2,1H3,(H2,17,20,21)/t11-/m0/s1. The minimum atomic E-state index is 0.310. The van der Waals surface area contributed by atoms with Gasteiger partial charge in [-0.25, -0.2) is 9.97 Å². The van der Waals surface area contributed by atoms with Crippen LogP contribution in [0.3, 0.4) is 0 Å². The van der Waals surface area contributed by atoms with Crippen LogP contribution in [0.25, 0.3) is 10.3 Å². The van der Waals surface area contributed by atoms with Gasteiger partial charge in [0.1, 0.15) is 5.52 Å². The topological polar surface area (TPSA) is 84.1 Å². The predicted molar refractivity (Wildman–Crippen MR) is 95.9 cm³/mol. The van der Waals surface area contributed by atoms with Crippen molar-refractivity contribution in [3.05, 3.63) is 35.6 Å². The van der Waals surface area contributed by atoms with Crippen LogP contribution in [0.2, 0.25) is 0 Å². The van der Waals surface area contributed by atoms with Crippen molar-refractivity contribution in [3.63, 3.8) is 0 Å². The summed E-state index contributed by atoms with van der Waals surface area (Å²) in [6.07, 6.45) is 1.84. The van der Waals surface area contributed by atoms with Gasteiger partial charge in [-0.1, -0.05) is 6.07 Å². The number of hydrogen-bond acceptors (Lipinski definition) is 8. The first-order valence-corrected chi connectivity index (χ1v) is 8.84. The molecule has 0 amide bonds. The zero-order valence-electron chi connectivity index (χ0n) is 13.5. The van der Waals surface area contributed by atoms with Crippen molar-refractivity contribution in [1.29, 1.82) is 0 Å². The molecule has 3 aromatic rings. The molecule has 1 aliphatic rings. The minimum absolute atomic E-state index is 0.310. The van der Waals surface area contributed by atoms with E-state index in [0.29, 0.717) is 12.0 Å². The summed E-state index contributed by atoms with van der Waals surface area (Å²) in [7, 11) is 0. The van der Waals surface area contributed by atoms with E-state index >= 15 is 0 Å². The first-order chi connectivity index (χ1) is 11.7. The number of pyridine rings is 1. The molecule has 0 aromatic carbocycles. The van der Waals surface area contributed by atoms with E-state index in [1.165, 1.54) is 11.3 Å². The minimum Gasteiger partial charge on any atom is -0.368 e. The smallest absolute Gasteiger partial charge is 0.223 e. The summed E-state index contributed by atoms with van der Waals surface area (Å²) < 4.78 is 0. The Morgan fingerprint density at radius 1 is 1.25 bits per heavy atom. The third kappa shape index (κ3) is 2.90. The molecule has 124 valence electrons. The normalized spacial score (nSPS) is 19.0. The molecule has 0 aliphatic carbocycles. The fourth-order valence-electron chi connectivity index (χ4n) is 3.18. The number of anilines is 2. The Hall–Kier alpha value is -2.32. The van der Waals surface area contributed by atoms with Crippen molar-refractivity contribution in [2.24, 2.45) is 0 Å². The van der Waals surface area contributed by atoms with Crippen LogP contribution in [-0.4, -0.2) is 50.5 Å². The van der Waals surface area contributed by atoms with E-state index in [0.717, 1.165) is 48.0 Å². The Labute approximate surface area is 144 Å². The van der Waals surface area contributed by atoms with Crippen LogP contribution in [0, 0.1) is 0 Å². The van der Waals surface area contributed by atoms with Crippen molar-refractivity contribution in [2.45, 2.75) is 19.5 Å². The predicted octanol–water partition coefficient (Wildman–Crippen LogP) is 1.77. The number of thiazole rings is 1. The molecule has 0 unspecified atom stereocenters. The molecule has 7 nitrogen and oxygen atoms in total. The Morgan fingerprint density at radius 2 is 2.17 bits per heavy atom. The molecule has 8 heteroatoms. The van der Waals surface area contributed by atoms with Gasteiger partial charge >= 0.3 is 0 Å². The lowest BCUT2D eigenvalue weighted by Crippen LogP contribution is -2.52. The summed E-state index contributed by atoms with van der Waals surface area (Å²) >= 11 is 1.50. The van der Waals surface area contributed by atoms with Crippen molar-refractivity contribution < 1.29 is 0 Å². The van der Waals surface area contributed by atoms with Crippen molar-refractivity contribution >= 4 is 33.5 Å². The average molecular weight is 341 g/mol. The van der Waals surface area contributed by atoms with Crippen molar-refractivity contribution in [1.82, 2.24) is 24.8 Å². The van der Waals surface area contributed by atoms with Gasteiger partial charge in [0.25, 0.3) is 0 Å². The molecule has 4 rings (SSSR count). The maximum Gasteiger partial charge on any atom is 0.223 e. The van der Waals surface area contributed by atoms with Gasteiger partial charge in [-0.05, 0) is 19.1 Å². The van der Waals surface area contributed by atoms with E-state index in [2.05, 4.69) is 42.7 Å². The number of aromatic nitrogens is 4. The van der Waals surface area contributed by atoms with Crippen molar-refractivity contribution in [3.8, 4) is 0 Å². The summed E-state index contributed by atoms with van der Waals surface area (Å²) in [5.41, 5.74) is 9.62. The highest BCUT2D eigenvalue weighted by Gasteiger charge is 2.27. The van der Waals surface area contributed by atoms with Crippen LogP contribution in [0.15, 0.2) is 29.9 Å². The molecule has 1 atom stereocenters. The summed E-state index contributed by atoms with van der Waals surface area (Å²) in [5, 5.41) is 0. The molecule has 3 aromatic heterocycles. The molecule has 24 heavy (non-hydrogen) atoms. The number of hydrogen-bond donors (Lipinski definition) is 1. The molecule has 0 bridgehead atoms. The molecule has 0 saturated carbocycles. The molecule has 0 spiro atoms. The molecule has 4 heterocycles. The van der Waals surface area contributed by atoms with Crippen LogP contribution in [0.5, 0.6) is 0 Å². The quantitative estimate of drug-likeness (QED) is 0.777. The van der Waals surface area contributed by atoms with Gasteiger partial charge in [-0.15, -0.1) is 11.3 Å². The zero-order chi connectivity index (χ0) is 16.5. The number of fused-ring (bicyclic) bond motifs is 1.